The van der Waals surface area contributed by atoms with Crippen molar-refractivity contribution in [2.45, 2.75) is 59.9 Å². The molecule has 7 heteroatoms. The van der Waals surface area contributed by atoms with Crippen molar-refractivity contribution in [2.24, 2.45) is 10.4 Å². The zero-order valence-electron chi connectivity index (χ0n) is 19.1. The van der Waals surface area contributed by atoms with Gasteiger partial charge in [0.15, 0.2) is 5.96 Å². The van der Waals surface area contributed by atoms with Crippen LogP contribution in [0.15, 0.2) is 23.5 Å². The SMILES string of the molecule is CCNC(=NCCCN1CCN(c2ncccn2)CC1)NC(C)CCC(C)(C)C. The zero-order valence-corrected chi connectivity index (χ0v) is 19.1. The van der Waals surface area contributed by atoms with Gasteiger partial charge in [0.1, 0.15) is 0 Å². The molecule has 2 N–H and O–H groups in total. The van der Waals surface area contributed by atoms with Gasteiger partial charge in [-0.1, -0.05) is 20.8 Å². The van der Waals surface area contributed by atoms with Crippen LogP contribution in [0.4, 0.5) is 5.95 Å². The smallest absolute Gasteiger partial charge is 0.225 e. The molecule has 7 nitrogen and oxygen atoms in total. The first-order chi connectivity index (χ1) is 13.9. The Labute approximate surface area is 177 Å². The number of aromatic nitrogens is 2. The van der Waals surface area contributed by atoms with E-state index in [2.05, 4.69) is 65.0 Å². The summed E-state index contributed by atoms with van der Waals surface area (Å²) in [6.07, 6.45) is 7.07. The third-order valence-corrected chi connectivity index (χ3v) is 5.16. The van der Waals surface area contributed by atoms with E-state index < -0.39 is 0 Å². The van der Waals surface area contributed by atoms with Gasteiger partial charge in [0.2, 0.25) is 5.95 Å². The van der Waals surface area contributed by atoms with Gasteiger partial charge in [-0.3, -0.25) is 9.89 Å². The lowest BCUT2D eigenvalue weighted by Gasteiger charge is -2.34. The topological polar surface area (TPSA) is 68.7 Å². The number of nitrogens with zero attached hydrogens (tertiary/aromatic N) is 5. The van der Waals surface area contributed by atoms with Crippen LogP contribution in [0.1, 0.15) is 53.9 Å². The van der Waals surface area contributed by atoms with Crippen LogP contribution in [-0.4, -0.2) is 72.7 Å². The molecule has 1 unspecified atom stereocenters. The molecule has 0 aliphatic carbocycles. The van der Waals surface area contributed by atoms with Crippen molar-refractivity contribution >= 4 is 11.9 Å². The van der Waals surface area contributed by atoms with E-state index in [1.807, 2.05) is 18.5 Å². The number of hydrogen-bond donors (Lipinski definition) is 2. The summed E-state index contributed by atoms with van der Waals surface area (Å²) < 4.78 is 0. The summed E-state index contributed by atoms with van der Waals surface area (Å²) in [6, 6.07) is 2.29. The number of piperazine rings is 1. The van der Waals surface area contributed by atoms with Crippen LogP contribution in [-0.2, 0) is 0 Å². The molecule has 0 amide bonds. The molecular formula is C22H41N7. The molecule has 1 atom stereocenters. The van der Waals surface area contributed by atoms with Crippen LogP contribution in [0.3, 0.4) is 0 Å². The number of guanidine groups is 1. The number of rotatable bonds is 9. The van der Waals surface area contributed by atoms with E-state index in [1.165, 1.54) is 6.42 Å². The fraction of sp³-hybridized carbons (Fsp3) is 0.773. The highest BCUT2D eigenvalue weighted by atomic mass is 15.3. The van der Waals surface area contributed by atoms with Crippen molar-refractivity contribution in [3.8, 4) is 0 Å². The summed E-state index contributed by atoms with van der Waals surface area (Å²) in [7, 11) is 0. The predicted molar refractivity (Wildman–Crippen MR) is 123 cm³/mol. The van der Waals surface area contributed by atoms with Crippen LogP contribution in [0.5, 0.6) is 0 Å². The van der Waals surface area contributed by atoms with Gasteiger partial charge in [0, 0.05) is 64.2 Å². The summed E-state index contributed by atoms with van der Waals surface area (Å²) in [6.45, 7) is 18.2. The first kappa shape index (κ1) is 23.4. The Bertz CT molecular complexity index is 589. The highest BCUT2D eigenvalue weighted by Gasteiger charge is 2.18. The van der Waals surface area contributed by atoms with Gasteiger partial charge in [-0.25, -0.2) is 9.97 Å². The minimum absolute atomic E-state index is 0.377. The maximum absolute atomic E-state index is 4.78. The molecule has 1 aliphatic rings. The first-order valence-electron chi connectivity index (χ1n) is 11.2. The molecule has 0 spiro atoms. The fourth-order valence-corrected chi connectivity index (χ4v) is 3.39. The molecule has 1 aliphatic heterocycles. The van der Waals surface area contributed by atoms with Gasteiger partial charge in [-0.15, -0.1) is 0 Å². The van der Waals surface area contributed by atoms with E-state index in [0.717, 1.165) is 70.6 Å². The van der Waals surface area contributed by atoms with Crippen LogP contribution in [0.25, 0.3) is 0 Å². The zero-order chi connectivity index (χ0) is 21.1. The van der Waals surface area contributed by atoms with Crippen molar-refractivity contribution in [1.82, 2.24) is 25.5 Å². The van der Waals surface area contributed by atoms with Gasteiger partial charge in [0.25, 0.3) is 0 Å². The molecule has 1 fully saturated rings. The molecule has 2 heterocycles. The highest BCUT2D eigenvalue weighted by Crippen LogP contribution is 2.21. The summed E-state index contributed by atoms with van der Waals surface area (Å²) in [5, 5.41) is 6.94. The standard InChI is InChI=1S/C22H41N7/c1-6-23-20(27-19(2)9-10-22(3,4)5)24-13-8-14-28-15-17-29(18-16-28)21-25-11-7-12-26-21/h7,11-12,19H,6,8-10,13-18H2,1-5H3,(H2,23,24,27). The van der Waals surface area contributed by atoms with E-state index in [-0.39, 0.29) is 0 Å². The van der Waals surface area contributed by atoms with Gasteiger partial charge in [0.05, 0.1) is 0 Å². The van der Waals surface area contributed by atoms with Crippen LogP contribution in [0, 0.1) is 5.41 Å². The van der Waals surface area contributed by atoms with Crippen molar-refractivity contribution in [2.75, 3.05) is 50.7 Å². The summed E-state index contributed by atoms with van der Waals surface area (Å²) in [5.74, 6) is 1.79. The summed E-state index contributed by atoms with van der Waals surface area (Å²) >= 11 is 0. The molecule has 1 saturated heterocycles. The van der Waals surface area contributed by atoms with Crippen molar-refractivity contribution in [1.29, 1.82) is 0 Å². The Hall–Kier alpha value is -1.89. The third-order valence-electron chi connectivity index (χ3n) is 5.16. The average Bonchev–Trinajstić information content (AvgIpc) is 2.70. The average molecular weight is 404 g/mol. The molecule has 29 heavy (non-hydrogen) atoms. The molecule has 1 aromatic heterocycles. The molecule has 0 saturated carbocycles. The Kier molecular flexibility index (Phi) is 9.64. The molecular weight excluding hydrogens is 362 g/mol. The molecule has 0 radical (unpaired) electrons. The van der Waals surface area contributed by atoms with Crippen molar-refractivity contribution < 1.29 is 0 Å². The van der Waals surface area contributed by atoms with E-state index in [0.29, 0.717) is 11.5 Å². The monoisotopic (exact) mass is 403 g/mol. The Balaban J connectivity index is 1.67. The van der Waals surface area contributed by atoms with Gasteiger partial charge < -0.3 is 15.5 Å². The van der Waals surface area contributed by atoms with E-state index >= 15 is 0 Å². The minimum atomic E-state index is 0.377. The van der Waals surface area contributed by atoms with Crippen molar-refractivity contribution in [3.63, 3.8) is 0 Å². The van der Waals surface area contributed by atoms with E-state index in [4.69, 9.17) is 4.99 Å². The summed E-state index contributed by atoms with van der Waals surface area (Å²) in [4.78, 5) is 18.3. The van der Waals surface area contributed by atoms with E-state index in [1.54, 1.807) is 0 Å². The fourth-order valence-electron chi connectivity index (χ4n) is 3.39. The highest BCUT2D eigenvalue weighted by molar-refractivity contribution is 5.80. The lowest BCUT2D eigenvalue weighted by atomic mass is 9.89. The van der Waals surface area contributed by atoms with Crippen LogP contribution < -0.4 is 15.5 Å². The third kappa shape index (κ3) is 9.43. The lowest BCUT2D eigenvalue weighted by Crippen LogP contribution is -2.47. The first-order valence-corrected chi connectivity index (χ1v) is 11.2. The minimum Gasteiger partial charge on any atom is -0.357 e. The molecule has 0 aromatic carbocycles. The van der Waals surface area contributed by atoms with E-state index in [9.17, 15) is 0 Å². The lowest BCUT2D eigenvalue weighted by molar-refractivity contribution is 0.255. The second kappa shape index (κ2) is 12.0. The molecule has 1 aromatic rings. The number of aliphatic imine (C=N–C) groups is 1. The largest absolute Gasteiger partial charge is 0.357 e. The number of hydrogen-bond acceptors (Lipinski definition) is 5. The van der Waals surface area contributed by atoms with Crippen LogP contribution in [0.2, 0.25) is 0 Å². The maximum atomic E-state index is 4.78. The van der Waals surface area contributed by atoms with Gasteiger partial charge >= 0.3 is 0 Å². The number of anilines is 1. The Morgan fingerprint density at radius 1 is 1.17 bits per heavy atom. The Morgan fingerprint density at radius 2 is 1.86 bits per heavy atom. The molecule has 164 valence electrons. The second-order valence-electron chi connectivity index (χ2n) is 9.14. The maximum Gasteiger partial charge on any atom is 0.225 e. The molecule has 0 bridgehead atoms. The quantitative estimate of drug-likeness (QED) is 0.375. The Morgan fingerprint density at radius 3 is 2.48 bits per heavy atom. The predicted octanol–water partition coefficient (Wildman–Crippen LogP) is 2.76. The normalized spacial score (nSPS) is 17.3. The molecule has 2 rings (SSSR count). The number of nitrogens with one attached hydrogen (secondary N) is 2. The summed E-state index contributed by atoms with van der Waals surface area (Å²) in [5.41, 5.74) is 0.377. The van der Waals surface area contributed by atoms with Gasteiger partial charge in [-0.05, 0) is 44.6 Å². The second-order valence-corrected chi connectivity index (χ2v) is 9.14. The van der Waals surface area contributed by atoms with Crippen molar-refractivity contribution in [3.05, 3.63) is 18.5 Å². The van der Waals surface area contributed by atoms with Gasteiger partial charge in [-0.2, -0.15) is 0 Å². The van der Waals surface area contributed by atoms with Crippen LogP contribution >= 0.6 is 0 Å².